The fourth-order valence-corrected chi connectivity index (χ4v) is 2.58. The van der Waals surface area contributed by atoms with E-state index in [1.54, 1.807) is 12.1 Å². The van der Waals surface area contributed by atoms with Crippen LogP contribution in [0.15, 0.2) is 48.5 Å². The third-order valence-electron chi connectivity index (χ3n) is 4.12. The van der Waals surface area contributed by atoms with Crippen LogP contribution in [0.3, 0.4) is 0 Å². The van der Waals surface area contributed by atoms with Crippen LogP contribution in [0.1, 0.15) is 43.4 Å². The molecule has 0 radical (unpaired) electrons. The summed E-state index contributed by atoms with van der Waals surface area (Å²) < 4.78 is 44.1. The third-order valence-corrected chi connectivity index (χ3v) is 4.12. The average molecular weight is 388 g/mol. The first-order valence-corrected chi connectivity index (χ1v) is 8.18. The van der Waals surface area contributed by atoms with E-state index < -0.39 is 23.3 Å². The molecule has 0 saturated heterocycles. The molecule has 0 heterocycles. The molecule has 3 nitrogen and oxygen atoms in total. The van der Waals surface area contributed by atoms with E-state index in [4.69, 9.17) is 4.74 Å². The molecular weight excluding hydrogens is 368 g/mol. The second kappa shape index (κ2) is 9.13. The summed E-state index contributed by atoms with van der Waals surface area (Å²) in [4.78, 5) is 11.6. The molecule has 140 valence electrons. The van der Waals surface area contributed by atoms with Crippen LogP contribution in [-0.4, -0.2) is 11.6 Å². The van der Waals surface area contributed by atoms with Crippen molar-refractivity contribution >= 4 is 5.97 Å². The first-order valence-electron chi connectivity index (χ1n) is 8.18. The van der Waals surface area contributed by atoms with Gasteiger partial charge in [-0.05, 0) is 42.2 Å². The van der Waals surface area contributed by atoms with E-state index in [1.807, 2.05) is 26.0 Å². The average Bonchev–Trinajstić information content (AvgIpc) is 2.54. The minimum absolute atomic E-state index is 0. The second-order valence-corrected chi connectivity index (χ2v) is 6.72. The number of rotatable bonds is 6. The Morgan fingerprint density at radius 3 is 2.19 bits per heavy atom. The Morgan fingerprint density at radius 1 is 1.11 bits per heavy atom. The summed E-state index contributed by atoms with van der Waals surface area (Å²) in [6.45, 7) is 5.34. The van der Waals surface area contributed by atoms with Gasteiger partial charge in [-0.2, -0.15) is 13.2 Å². The van der Waals surface area contributed by atoms with Crippen LogP contribution in [0.4, 0.5) is 13.2 Å². The van der Waals surface area contributed by atoms with Crippen LogP contribution < -0.4 is 39.4 Å². The summed E-state index contributed by atoms with van der Waals surface area (Å²) in [6, 6.07) is 11.5. The summed E-state index contributed by atoms with van der Waals surface area (Å²) in [7, 11) is 0. The standard InChI is InChI=1S/C20H21F3O3.Na/c1-13(2)15-7-9-17(10-8-15)26-19(3,18(24)25)12-14-5-4-6-16(11-14)20(21,22)23;/h4-11,13H,12H2,1-3H3,(H,24,25);/q;+1/p-1. The van der Waals surface area contributed by atoms with Gasteiger partial charge in [-0.1, -0.05) is 44.2 Å². The van der Waals surface area contributed by atoms with Gasteiger partial charge in [-0.15, -0.1) is 0 Å². The molecule has 0 amide bonds. The summed E-state index contributed by atoms with van der Waals surface area (Å²) in [6.07, 6.45) is -4.76. The van der Waals surface area contributed by atoms with E-state index in [-0.39, 0.29) is 41.5 Å². The number of hydrogen-bond acceptors (Lipinski definition) is 3. The SMILES string of the molecule is CC(C)c1ccc(OC(C)(Cc2cccc(C(F)(F)F)c2)C(=O)[O-])cc1.[Na+]. The molecule has 0 N–H and O–H groups in total. The van der Waals surface area contributed by atoms with Crippen molar-refractivity contribution in [3.8, 4) is 5.75 Å². The summed E-state index contributed by atoms with van der Waals surface area (Å²) in [5.74, 6) is -0.877. The minimum atomic E-state index is -4.50. The van der Waals surface area contributed by atoms with Crippen molar-refractivity contribution in [3.63, 3.8) is 0 Å². The van der Waals surface area contributed by atoms with Gasteiger partial charge in [0, 0.05) is 6.42 Å². The first-order chi connectivity index (χ1) is 12.0. The molecule has 0 aliphatic heterocycles. The molecule has 0 aliphatic carbocycles. The molecule has 1 unspecified atom stereocenters. The van der Waals surface area contributed by atoms with Crippen LogP contribution in [0, 0.1) is 0 Å². The van der Waals surface area contributed by atoms with E-state index >= 15 is 0 Å². The van der Waals surface area contributed by atoms with Crippen LogP contribution in [0.5, 0.6) is 5.75 Å². The maximum atomic E-state index is 12.8. The summed E-state index contributed by atoms with van der Waals surface area (Å²) in [5, 5.41) is 11.6. The monoisotopic (exact) mass is 388 g/mol. The zero-order valence-corrected chi connectivity index (χ0v) is 17.8. The van der Waals surface area contributed by atoms with Crippen molar-refractivity contribution in [1.82, 2.24) is 0 Å². The van der Waals surface area contributed by atoms with Gasteiger partial charge in [-0.3, -0.25) is 0 Å². The van der Waals surface area contributed by atoms with E-state index in [2.05, 4.69) is 0 Å². The van der Waals surface area contributed by atoms with Crippen molar-refractivity contribution < 1.29 is 57.4 Å². The van der Waals surface area contributed by atoms with Gasteiger partial charge in [0.15, 0.2) is 0 Å². The van der Waals surface area contributed by atoms with Crippen molar-refractivity contribution in [2.45, 2.75) is 44.9 Å². The second-order valence-electron chi connectivity index (χ2n) is 6.72. The summed E-state index contributed by atoms with van der Waals surface area (Å²) >= 11 is 0. The number of carbonyl (C=O) groups is 1. The third kappa shape index (κ3) is 6.26. The Bertz CT molecular complexity index is 773. The van der Waals surface area contributed by atoms with Gasteiger partial charge in [0.05, 0.1) is 11.5 Å². The van der Waals surface area contributed by atoms with E-state index in [9.17, 15) is 23.1 Å². The molecule has 0 spiro atoms. The molecular formula is C20H20F3NaO3. The fourth-order valence-electron chi connectivity index (χ4n) is 2.58. The number of ether oxygens (including phenoxy) is 1. The Morgan fingerprint density at radius 2 is 1.70 bits per heavy atom. The molecule has 0 bridgehead atoms. The molecule has 2 rings (SSSR count). The maximum Gasteiger partial charge on any atom is 1.00 e. The van der Waals surface area contributed by atoms with Crippen LogP contribution in [0.25, 0.3) is 0 Å². The molecule has 27 heavy (non-hydrogen) atoms. The van der Waals surface area contributed by atoms with Gasteiger partial charge >= 0.3 is 35.7 Å². The van der Waals surface area contributed by atoms with Crippen molar-refractivity contribution in [1.29, 1.82) is 0 Å². The van der Waals surface area contributed by atoms with Crippen LogP contribution in [-0.2, 0) is 17.4 Å². The number of carboxylic acids is 1. The van der Waals surface area contributed by atoms with Crippen LogP contribution >= 0.6 is 0 Å². The molecule has 2 aromatic carbocycles. The predicted molar refractivity (Wildman–Crippen MR) is 89.7 cm³/mol. The largest absolute Gasteiger partial charge is 1.00 e. The normalized spacial score (nSPS) is 13.6. The van der Waals surface area contributed by atoms with Crippen LogP contribution in [0.2, 0.25) is 0 Å². The van der Waals surface area contributed by atoms with Crippen molar-refractivity contribution in [3.05, 3.63) is 65.2 Å². The molecule has 0 aromatic heterocycles. The van der Waals surface area contributed by atoms with Gasteiger partial charge in [0.25, 0.3) is 0 Å². The number of halogens is 3. The zero-order valence-electron chi connectivity index (χ0n) is 15.8. The minimum Gasteiger partial charge on any atom is -0.546 e. The Labute approximate surface area is 178 Å². The maximum absolute atomic E-state index is 12.8. The van der Waals surface area contributed by atoms with Gasteiger partial charge in [0.2, 0.25) is 0 Å². The quantitative estimate of drug-likeness (QED) is 0.693. The number of carboxylic acid groups (broad SMARTS) is 1. The Kier molecular flexibility index (Phi) is 7.96. The van der Waals surface area contributed by atoms with Gasteiger partial charge in [0.1, 0.15) is 11.4 Å². The van der Waals surface area contributed by atoms with E-state index in [0.29, 0.717) is 11.7 Å². The Hall–Kier alpha value is -1.50. The van der Waals surface area contributed by atoms with Crippen molar-refractivity contribution in [2.75, 3.05) is 0 Å². The molecule has 0 saturated carbocycles. The molecule has 7 heteroatoms. The fraction of sp³-hybridized carbons (Fsp3) is 0.350. The van der Waals surface area contributed by atoms with E-state index in [1.165, 1.54) is 19.1 Å². The number of hydrogen-bond donors (Lipinski definition) is 0. The number of alkyl halides is 3. The topological polar surface area (TPSA) is 49.4 Å². The number of aliphatic carboxylic acids is 1. The molecule has 0 fully saturated rings. The number of carbonyl (C=O) groups excluding carboxylic acids is 1. The summed E-state index contributed by atoms with van der Waals surface area (Å²) in [5.41, 5.74) is -1.38. The van der Waals surface area contributed by atoms with Gasteiger partial charge < -0.3 is 14.6 Å². The molecule has 1 atom stereocenters. The van der Waals surface area contributed by atoms with E-state index in [0.717, 1.165) is 17.7 Å². The zero-order chi connectivity index (χ0) is 19.5. The first kappa shape index (κ1) is 23.5. The predicted octanol–water partition coefficient (Wildman–Crippen LogP) is 0.963. The van der Waals surface area contributed by atoms with Gasteiger partial charge in [-0.25, -0.2) is 0 Å². The number of benzene rings is 2. The Balaban J connectivity index is 0.00000364. The molecule has 0 aliphatic rings. The van der Waals surface area contributed by atoms with Crippen molar-refractivity contribution in [2.24, 2.45) is 0 Å². The molecule has 2 aromatic rings. The smallest absolute Gasteiger partial charge is 0.546 e.